The van der Waals surface area contributed by atoms with Crippen LogP contribution in [0.1, 0.15) is 51.8 Å². The molecule has 0 spiro atoms. The first-order valence-corrected chi connectivity index (χ1v) is 12.1. The maximum Gasteiger partial charge on any atom is 0.313 e. The van der Waals surface area contributed by atoms with Crippen molar-refractivity contribution >= 4 is 29.2 Å². The Morgan fingerprint density at radius 2 is 1.81 bits per heavy atom. The van der Waals surface area contributed by atoms with Gasteiger partial charge in [0.15, 0.2) is 11.5 Å². The van der Waals surface area contributed by atoms with Crippen molar-refractivity contribution in [2.24, 2.45) is 0 Å². The van der Waals surface area contributed by atoms with E-state index in [1.54, 1.807) is 60.7 Å². The second-order valence-corrected chi connectivity index (χ2v) is 9.69. The van der Waals surface area contributed by atoms with Crippen LogP contribution < -0.4 is 14.4 Å². The lowest BCUT2D eigenvalue weighted by Crippen LogP contribution is -2.45. The van der Waals surface area contributed by atoms with Gasteiger partial charge in [-0.05, 0) is 59.9 Å². The van der Waals surface area contributed by atoms with Gasteiger partial charge in [0.05, 0.1) is 17.5 Å². The number of benzene rings is 3. The molecule has 0 unspecified atom stereocenters. The Labute approximate surface area is 212 Å². The molecule has 0 radical (unpaired) electrons. The first kappa shape index (κ1) is 22.4. The Morgan fingerprint density at radius 3 is 2.50 bits per heavy atom. The summed E-state index contributed by atoms with van der Waals surface area (Å²) in [6.07, 6.45) is 1.47. The smallest absolute Gasteiger partial charge is 0.313 e. The average Bonchev–Trinajstić information content (AvgIpc) is 3.69. The van der Waals surface area contributed by atoms with E-state index >= 15 is 0 Å². The summed E-state index contributed by atoms with van der Waals surface area (Å²) in [6.45, 7) is 0.813. The van der Waals surface area contributed by atoms with Gasteiger partial charge in [0, 0.05) is 16.3 Å². The molecule has 180 valence electrons. The van der Waals surface area contributed by atoms with Crippen molar-refractivity contribution in [2.75, 3.05) is 18.1 Å². The highest BCUT2D eigenvalue weighted by atomic mass is 35.5. The molecule has 2 atom stereocenters. The number of carbonyl (C=O) groups excluding carboxylic acids is 1. The van der Waals surface area contributed by atoms with Crippen LogP contribution >= 0.6 is 11.6 Å². The number of carboxylic acids is 1. The van der Waals surface area contributed by atoms with E-state index in [2.05, 4.69) is 6.07 Å². The molecule has 0 saturated heterocycles. The van der Waals surface area contributed by atoms with Crippen LogP contribution in [0.5, 0.6) is 11.5 Å². The van der Waals surface area contributed by atoms with Crippen molar-refractivity contribution in [1.29, 1.82) is 5.26 Å². The van der Waals surface area contributed by atoms with Gasteiger partial charge in [0.1, 0.15) is 19.1 Å². The van der Waals surface area contributed by atoms with Crippen molar-refractivity contribution in [3.8, 4) is 17.6 Å². The van der Waals surface area contributed by atoms with Crippen LogP contribution in [0.2, 0.25) is 5.02 Å². The fourth-order valence-electron chi connectivity index (χ4n) is 5.28. The van der Waals surface area contributed by atoms with Crippen LogP contribution in [0.3, 0.4) is 0 Å². The minimum atomic E-state index is -1.05. The van der Waals surface area contributed by atoms with Gasteiger partial charge < -0.3 is 14.6 Å². The maximum atomic E-state index is 13.9. The molecule has 1 saturated carbocycles. The van der Waals surface area contributed by atoms with E-state index in [1.165, 1.54) is 4.90 Å². The topological polar surface area (TPSA) is 99.9 Å². The number of ether oxygens (including phenoxy) is 2. The van der Waals surface area contributed by atoms with Crippen LogP contribution in [-0.2, 0) is 10.2 Å². The second kappa shape index (κ2) is 8.28. The van der Waals surface area contributed by atoms with Gasteiger partial charge in [-0.3, -0.25) is 14.5 Å². The molecule has 0 aromatic heterocycles. The number of nitriles is 1. The fraction of sp³-hybridized carbons (Fsp3) is 0.250. The Morgan fingerprint density at radius 1 is 1.06 bits per heavy atom. The van der Waals surface area contributed by atoms with Gasteiger partial charge in [-0.2, -0.15) is 5.26 Å². The minimum Gasteiger partial charge on any atom is -0.486 e. The maximum absolute atomic E-state index is 13.9. The average molecular weight is 501 g/mol. The molecular weight excluding hydrogens is 480 g/mol. The zero-order valence-electron chi connectivity index (χ0n) is 19.1. The summed E-state index contributed by atoms with van der Waals surface area (Å²) < 4.78 is 11.4. The van der Waals surface area contributed by atoms with Crippen LogP contribution in [0.25, 0.3) is 0 Å². The standard InChI is InChI=1S/C28H21ClN2O5/c29-21-14-17(6-7-20(21)28(15-30)9-10-28)31-25(16-5-8-22-23(13-16)36-12-11-35-22)24(27(33)34)18-3-1-2-4-19(18)26(31)32/h1-8,13-14,24-25H,9-12H2,(H,33,34)/t24-,25+/m1/s1. The number of rotatable bonds is 4. The first-order valence-electron chi connectivity index (χ1n) is 11.7. The monoisotopic (exact) mass is 500 g/mol. The van der Waals surface area contributed by atoms with E-state index in [1.807, 2.05) is 0 Å². The van der Waals surface area contributed by atoms with Gasteiger partial charge in [-0.25, -0.2) is 0 Å². The highest BCUT2D eigenvalue weighted by molar-refractivity contribution is 6.32. The Hall–Kier alpha value is -4.02. The van der Waals surface area contributed by atoms with Gasteiger partial charge in [0.2, 0.25) is 0 Å². The molecule has 1 N–H and O–H groups in total. The number of anilines is 1. The summed E-state index contributed by atoms with van der Waals surface area (Å²) >= 11 is 6.65. The van der Waals surface area contributed by atoms with Crippen molar-refractivity contribution in [1.82, 2.24) is 0 Å². The van der Waals surface area contributed by atoms with E-state index in [9.17, 15) is 20.0 Å². The molecule has 1 aliphatic carbocycles. The molecule has 1 fully saturated rings. The molecule has 2 aliphatic heterocycles. The zero-order valence-corrected chi connectivity index (χ0v) is 19.9. The third-order valence-corrected chi connectivity index (χ3v) is 7.54. The third kappa shape index (κ3) is 3.41. The predicted octanol–water partition coefficient (Wildman–Crippen LogP) is 5.24. The first-order chi connectivity index (χ1) is 17.4. The van der Waals surface area contributed by atoms with E-state index in [0.717, 1.165) is 18.4 Å². The van der Waals surface area contributed by atoms with Gasteiger partial charge in [0.25, 0.3) is 5.91 Å². The normalized spacial score (nSPS) is 21.3. The molecule has 3 aromatic carbocycles. The summed E-state index contributed by atoms with van der Waals surface area (Å²) in [5, 5.41) is 20.4. The van der Waals surface area contributed by atoms with Crippen molar-refractivity contribution in [3.05, 3.63) is 87.9 Å². The lowest BCUT2D eigenvalue weighted by Gasteiger charge is -2.41. The molecule has 3 aromatic rings. The van der Waals surface area contributed by atoms with Crippen molar-refractivity contribution in [3.63, 3.8) is 0 Å². The largest absolute Gasteiger partial charge is 0.486 e. The summed E-state index contributed by atoms with van der Waals surface area (Å²) in [7, 11) is 0. The fourth-order valence-corrected chi connectivity index (χ4v) is 5.63. The molecule has 8 heteroatoms. The van der Waals surface area contributed by atoms with Crippen molar-refractivity contribution in [2.45, 2.75) is 30.2 Å². The lowest BCUT2D eigenvalue weighted by molar-refractivity contribution is -0.139. The molecule has 1 amide bonds. The summed E-state index contributed by atoms with van der Waals surface area (Å²) in [6, 6.07) is 18.7. The number of aliphatic carboxylic acids is 1. The number of carboxylic acid groups (broad SMARTS) is 1. The second-order valence-electron chi connectivity index (χ2n) is 9.28. The number of fused-ring (bicyclic) bond motifs is 2. The molecule has 3 aliphatic rings. The van der Waals surface area contributed by atoms with Gasteiger partial charge in [-0.1, -0.05) is 41.9 Å². The Kier molecular flexibility index (Phi) is 5.16. The van der Waals surface area contributed by atoms with Crippen LogP contribution in [0.15, 0.2) is 60.7 Å². The molecule has 7 nitrogen and oxygen atoms in total. The predicted molar refractivity (Wildman–Crippen MR) is 132 cm³/mol. The molecule has 36 heavy (non-hydrogen) atoms. The van der Waals surface area contributed by atoms with E-state index < -0.39 is 23.3 Å². The molecule has 2 heterocycles. The quantitative estimate of drug-likeness (QED) is 0.526. The van der Waals surface area contributed by atoms with Crippen LogP contribution in [-0.4, -0.2) is 30.2 Å². The lowest BCUT2D eigenvalue weighted by atomic mass is 9.79. The number of hydrogen-bond donors (Lipinski definition) is 1. The SMILES string of the molecule is N#CC1(c2ccc(N3C(=O)c4ccccc4[C@@H](C(=O)O)[C@@H]3c3ccc4c(c3)OCCO4)cc2Cl)CC1. The number of amides is 1. The summed E-state index contributed by atoms with van der Waals surface area (Å²) in [5.74, 6) is -1.33. The Bertz CT molecular complexity index is 1460. The number of carbonyl (C=O) groups is 2. The van der Waals surface area contributed by atoms with Crippen LogP contribution in [0.4, 0.5) is 5.69 Å². The zero-order chi connectivity index (χ0) is 25.0. The van der Waals surface area contributed by atoms with E-state index in [0.29, 0.717) is 52.1 Å². The highest BCUT2D eigenvalue weighted by Gasteiger charge is 2.48. The molecule has 6 rings (SSSR count). The van der Waals surface area contributed by atoms with Gasteiger partial charge >= 0.3 is 5.97 Å². The number of nitrogens with zero attached hydrogens (tertiary/aromatic N) is 2. The van der Waals surface area contributed by atoms with Crippen molar-refractivity contribution < 1.29 is 24.2 Å². The van der Waals surface area contributed by atoms with E-state index in [-0.39, 0.29) is 5.91 Å². The third-order valence-electron chi connectivity index (χ3n) is 7.22. The van der Waals surface area contributed by atoms with Gasteiger partial charge in [-0.15, -0.1) is 0 Å². The number of halogens is 1. The molecular formula is C28H21ClN2O5. The minimum absolute atomic E-state index is 0.326. The van der Waals surface area contributed by atoms with Crippen LogP contribution in [0, 0.1) is 11.3 Å². The summed E-state index contributed by atoms with van der Waals surface area (Å²) in [5.41, 5.74) is 1.98. The van der Waals surface area contributed by atoms with E-state index in [4.69, 9.17) is 21.1 Å². The molecule has 0 bridgehead atoms. The summed E-state index contributed by atoms with van der Waals surface area (Å²) in [4.78, 5) is 28.1. The Balaban J connectivity index is 1.54. The highest BCUT2D eigenvalue weighted by Crippen LogP contribution is 2.52. The number of hydrogen-bond acceptors (Lipinski definition) is 5.